The number of aromatic nitrogens is 1. The van der Waals surface area contributed by atoms with E-state index < -0.39 is 23.2 Å². The fourth-order valence-electron chi connectivity index (χ4n) is 5.84. The summed E-state index contributed by atoms with van der Waals surface area (Å²) in [6.07, 6.45) is 23.5. The lowest BCUT2D eigenvalue weighted by molar-refractivity contribution is 0.0727. The number of halogens is 2. The number of rotatable bonds is 19. The second-order valence-corrected chi connectivity index (χ2v) is 11.9. The van der Waals surface area contributed by atoms with E-state index in [4.69, 9.17) is 9.47 Å². The van der Waals surface area contributed by atoms with Crippen molar-refractivity contribution in [2.75, 3.05) is 6.61 Å². The molecule has 228 valence electrons. The van der Waals surface area contributed by atoms with Crippen molar-refractivity contribution in [3.8, 4) is 11.5 Å². The van der Waals surface area contributed by atoms with Crippen LogP contribution in [0.25, 0.3) is 0 Å². The van der Waals surface area contributed by atoms with E-state index in [-0.39, 0.29) is 11.5 Å². The lowest BCUT2D eigenvalue weighted by Gasteiger charge is -2.28. The summed E-state index contributed by atoms with van der Waals surface area (Å²) in [4.78, 5) is 17.0. The Labute approximate surface area is 246 Å². The van der Waals surface area contributed by atoms with Crippen LogP contribution in [-0.4, -0.2) is 17.6 Å². The third kappa shape index (κ3) is 11.7. The summed E-state index contributed by atoms with van der Waals surface area (Å²) in [5, 5.41) is 0. The van der Waals surface area contributed by atoms with Crippen LogP contribution in [0.15, 0.2) is 30.5 Å². The Morgan fingerprint density at radius 3 is 2.07 bits per heavy atom. The average Bonchev–Trinajstić information content (AvgIpc) is 2.99. The van der Waals surface area contributed by atoms with Gasteiger partial charge in [-0.1, -0.05) is 110 Å². The fourth-order valence-corrected chi connectivity index (χ4v) is 5.84. The minimum atomic E-state index is -1.26. The summed E-state index contributed by atoms with van der Waals surface area (Å²) in [6, 6.07) is 6.01. The highest BCUT2D eigenvalue weighted by Crippen LogP contribution is 2.34. The monoisotopic (exact) mass is 571 g/mol. The van der Waals surface area contributed by atoms with E-state index in [1.165, 1.54) is 102 Å². The first-order valence-corrected chi connectivity index (χ1v) is 16.3. The van der Waals surface area contributed by atoms with Gasteiger partial charge in [0.1, 0.15) is 5.75 Å². The molecule has 0 bridgehead atoms. The van der Waals surface area contributed by atoms with Crippen LogP contribution in [0.1, 0.15) is 139 Å². The van der Waals surface area contributed by atoms with Gasteiger partial charge in [-0.3, -0.25) is 4.98 Å². The maximum Gasteiger partial charge on any atom is 0.346 e. The van der Waals surface area contributed by atoms with Crippen LogP contribution in [-0.2, 0) is 6.42 Å². The van der Waals surface area contributed by atoms with Crippen LogP contribution in [0.3, 0.4) is 0 Å². The van der Waals surface area contributed by atoms with Gasteiger partial charge >= 0.3 is 5.97 Å². The second-order valence-electron chi connectivity index (χ2n) is 11.9. The molecule has 1 saturated carbocycles. The molecule has 0 atom stereocenters. The van der Waals surface area contributed by atoms with Crippen molar-refractivity contribution in [1.82, 2.24) is 4.98 Å². The van der Waals surface area contributed by atoms with Crippen LogP contribution >= 0.6 is 0 Å². The predicted octanol–water partition coefficient (Wildman–Crippen LogP) is 10.4. The zero-order valence-corrected chi connectivity index (χ0v) is 25.4. The van der Waals surface area contributed by atoms with E-state index in [9.17, 15) is 13.6 Å². The Morgan fingerprint density at radius 2 is 1.41 bits per heavy atom. The normalized spacial score (nSPS) is 17.0. The molecule has 3 rings (SSSR count). The number of ether oxygens (including phenoxy) is 2. The zero-order valence-electron chi connectivity index (χ0n) is 25.4. The van der Waals surface area contributed by atoms with Gasteiger partial charge in [0.25, 0.3) is 0 Å². The Hall–Kier alpha value is -2.50. The van der Waals surface area contributed by atoms with Crippen LogP contribution in [0.5, 0.6) is 11.5 Å². The Kier molecular flexibility index (Phi) is 15.2. The van der Waals surface area contributed by atoms with Gasteiger partial charge in [-0.2, -0.15) is 4.39 Å². The number of esters is 1. The minimum absolute atomic E-state index is 0.186. The van der Waals surface area contributed by atoms with Crippen LogP contribution in [0.2, 0.25) is 0 Å². The molecule has 41 heavy (non-hydrogen) atoms. The molecule has 1 aromatic heterocycles. The largest absolute Gasteiger partial charge is 0.490 e. The first-order valence-electron chi connectivity index (χ1n) is 16.3. The molecule has 0 amide bonds. The third-order valence-electron chi connectivity index (χ3n) is 8.52. The van der Waals surface area contributed by atoms with Crippen molar-refractivity contribution in [3.05, 3.63) is 53.4 Å². The van der Waals surface area contributed by atoms with Crippen molar-refractivity contribution < 1.29 is 23.0 Å². The molecule has 0 radical (unpaired) electrons. The van der Waals surface area contributed by atoms with E-state index in [1.807, 2.05) is 6.07 Å². The van der Waals surface area contributed by atoms with Crippen LogP contribution in [0.4, 0.5) is 8.78 Å². The zero-order chi connectivity index (χ0) is 29.3. The van der Waals surface area contributed by atoms with E-state index in [0.29, 0.717) is 6.61 Å². The SMILES string of the molecule is CCCCCCCCOc1ccc(C(=O)Oc2ccc(CC[C@H]3CC[C@H](CCCCCCC)CC3)nc2)c(F)c1F. The molecule has 0 N–H and O–H groups in total. The molecule has 1 heterocycles. The number of aryl methyl sites for hydroxylation is 1. The van der Waals surface area contributed by atoms with Gasteiger partial charge in [0.15, 0.2) is 11.6 Å². The number of hydrogen-bond donors (Lipinski definition) is 0. The van der Waals surface area contributed by atoms with E-state index in [1.54, 1.807) is 6.07 Å². The van der Waals surface area contributed by atoms with E-state index >= 15 is 0 Å². The molecule has 0 unspecified atom stereocenters. The van der Waals surface area contributed by atoms with Gasteiger partial charge < -0.3 is 9.47 Å². The summed E-state index contributed by atoms with van der Waals surface area (Å²) < 4.78 is 39.9. The summed E-state index contributed by atoms with van der Waals surface area (Å²) in [7, 11) is 0. The highest BCUT2D eigenvalue weighted by molar-refractivity contribution is 5.91. The summed E-state index contributed by atoms with van der Waals surface area (Å²) >= 11 is 0. The maximum atomic E-state index is 14.6. The summed E-state index contributed by atoms with van der Waals surface area (Å²) in [5.74, 6) is -1.70. The third-order valence-corrected chi connectivity index (χ3v) is 8.52. The lowest BCUT2D eigenvalue weighted by Crippen LogP contribution is -2.15. The predicted molar refractivity (Wildman–Crippen MR) is 162 cm³/mol. The van der Waals surface area contributed by atoms with Crippen molar-refractivity contribution in [2.24, 2.45) is 11.8 Å². The molecule has 4 nitrogen and oxygen atoms in total. The molecule has 2 aromatic rings. The van der Waals surface area contributed by atoms with Gasteiger partial charge in [-0.25, -0.2) is 9.18 Å². The number of pyridine rings is 1. The molecular weight excluding hydrogens is 520 g/mol. The number of benzene rings is 1. The topological polar surface area (TPSA) is 48.4 Å². The fraction of sp³-hybridized carbons (Fsp3) is 0.657. The highest BCUT2D eigenvalue weighted by atomic mass is 19.2. The summed E-state index contributed by atoms with van der Waals surface area (Å²) in [6.45, 7) is 4.74. The number of carbonyl (C=O) groups is 1. The number of nitrogens with zero attached hydrogens (tertiary/aromatic N) is 1. The highest BCUT2D eigenvalue weighted by Gasteiger charge is 2.22. The molecule has 0 saturated heterocycles. The quantitative estimate of drug-likeness (QED) is 0.124. The summed E-state index contributed by atoms with van der Waals surface area (Å²) in [5.41, 5.74) is 0.488. The van der Waals surface area contributed by atoms with Gasteiger partial charge in [-0.05, 0) is 55.4 Å². The first-order chi connectivity index (χ1) is 20.0. The van der Waals surface area contributed by atoms with E-state index in [0.717, 1.165) is 49.6 Å². The number of carbonyl (C=O) groups excluding carboxylic acids is 1. The lowest BCUT2D eigenvalue weighted by atomic mass is 9.78. The molecule has 1 aliphatic rings. The molecule has 1 aromatic carbocycles. The number of unbranched alkanes of at least 4 members (excludes halogenated alkanes) is 9. The van der Waals surface area contributed by atoms with Crippen molar-refractivity contribution in [1.29, 1.82) is 0 Å². The average molecular weight is 572 g/mol. The van der Waals surface area contributed by atoms with Gasteiger partial charge in [0.2, 0.25) is 5.82 Å². The first kappa shape index (κ1) is 33.0. The van der Waals surface area contributed by atoms with Gasteiger partial charge in [0, 0.05) is 5.69 Å². The van der Waals surface area contributed by atoms with Gasteiger partial charge in [0.05, 0.1) is 18.4 Å². The standard InChI is InChI=1S/C35H51F2NO3/c1-3-5-7-9-11-13-25-40-32-24-23-31(33(36)34(32)37)35(39)41-30-22-21-29(38-26-30)20-19-28-17-15-27(16-18-28)14-12-10-8-6-4-2/h21-24,26-28H,3-20,25H2,1-2H3/t27-,28-. The Morgan fingerprint density at radius 1 is 0.780 bits per heavy atom. The molecule has 6 heteroatoms. The second kappa shape index (κ2) is 18.8. The number of hydrogen-bond acceptors (Lipinski definition) is 4. The van der Waals surface area contributed by atoms with Crippen molar-refractivity contribution >= 4 is 5.97 Å². The Balaban J connectivity index is 1.37. The maximum absolute atomic E-state index is 14.6. The molecular formula is C35H51F2NO3. The van der Waals surface area contributed by atoms with Crippen LogP contribution in [0, 0.1) is 23.5 Å². The van der Waals surface area contributed by atoms with Crippen LogP contribution < -0.4 is 9.47 Å². The van der Waals surface area contributed by atoms with Gasteiger partial charge in [-0.15, -0.1) is 0 Å². The Bertz CT molecular complexity index is 1020. The van der Waals surface area contributed by atoms with Crippen molar-refractivity contribution in [3.63, 3.8) is 0 Å². The molecule has 1 fully saturated rings. The van der Waals surface area contributed by atoms with E-state index in [2.05, 4.69) is 18.8 Å². The molecule has 0 spiro atoms. The molecule has 0 aliphatic heterocycles. The van der Waals surface area contributed by atoms with Crippen molar-refractivity contribution in [2.45, 2.75) is 129 Å². The smallest absolute Gasteiger partial charge is 0.346 e. The molecule has 1 aliphatic carbocycles. The minimum Gasteiger partial charge on any atom is -0.490 e.